The largest absolute Gasteiger partial charge is 0.419 e. The van der Waals surface area contributed by atoms with E-state index in [1.165, 1.54) is 18.2 Å². The van der Waals surface area contributed by atoms with Crippen molar-refractivity contribution in [3.05, 3.63) is 69.0 Å². The molecule has 2 aromatic carbocycles. The summed E-state index contributed by atoms with van der Waals surface area (Å²) in [6.45, 7) is 0. The van der Waals surface area contributed by atoms with Gasteiger partial charge in [0.25, 0.3) is 0 Å². The quantitative estimate of drug-likeness (QED) is 0.531. The average molecular weight is 337 g/mol. The third kappa shape index (κ3) is 3.04. The molecule has 21 heavy (non-hydrogen) atoms. The van der Waals surface area contributed by atoms with Crippen LogP contribution in [-0.2, 0) is 6.18 Å². The van der Waals surface area contributed by atoms with Crippen LogP contribution in [0.15, 0.2) is 36.4 Å². The van der Waals surface area contributed by atoms with Gasteiger partial charge in [0.2, 0.25) is 0 Å². The molecule has 0 aliphatic heterocycles. The molecule has 0 bridgehead atoms. The summed E-state index contributed by atoms with van der Waals surface area (Å²) < 4.78 is 51.8. The Bertz CT molecular complexity index is 711. The molecule has 7 heteroatoms. The second-order valence-electron chi connectivity index (χ2n) is 4.10. The van der Waals surface area contributed by atoms with Gasteiger partial charge in [-0.3, -0.25) is 4.79 Å². The molecule has 110 valence electrons. The maximum absolute atomic E-state index is 13.9. The normalized spacial score (nSPS) is 11.5. The first-order chi connectivity index (χ1) is 9.73. The van der Waals surface area contributed by atoms with Gasteiger partial charge in [0.05, 0.1) is 21.2 Å². The Labute approximate surface area is 127 Å². The van der Waals surface area contributed by atoms with E-state index in [2.05, 4.69) is 0 Å². The van der Waals surface area contributed by atoms with Crippen molar-refractivity contribution in [1.29, 1.82) is 0 Å². The zero-order valence-electron chi connectivity index (χ0n) is 10.1. The van der Waals surface area contributed by atoms with Crippen molar-refractivity contribution in [2.45, 2.75) is 6.18 Å². The molecule has 0 aromatic heterocycles. The summed E-state index contributed by atoms with van der Waals surface area (Å²) in [5, 5.41) is -0.0871. The molecule has 0 saturated heterocycles. The second kappa shape index (κ2) is 5.66. The maximum Gasteiger partial charge on any atom is 0.419 e. The predicted octanol–water partition coefficient (Wildman–Crippen LogP) is 5.38. The van der Waals surface area contributed by atoms with Gasteiger partial charge in [-0.2, -0.15) is 13.2 Å². The van der Waals surface area contributed by atoms with Gasteiger partial charge in [0.1, 0.15) is 5.82 Å². The zero-order valence-corrected chi connectivity index (χ0v) is 11.7. The number of rotatable bonds is 2. The SMILES string of the molecule is O=C(c1cccc(C(F)(F)F)c1F)c1cccc(Cl)c1Cl. The maximum atomic E-state index is 13.9. The molecule has 0 spiro atoms. The Morgan fingerprint density at radius 3 is 2.14 bits per heavy atom. The number of carbonyl (C=O) groups is 1. The fraction of sp³-hybridized carbons (Fsp3) is 0.0714. The predicted molar refractivity (Wildman–Crippen MR) is 71.3 cm³/mol. The molecule has 0 heterocycles. The first kappa shape index (κ1) is 15.8. The molecule has 2 aromatic rings. The minimum Gasteiger partial charge on any atom is -0.288 e. The van der Waals surface area contributed by atoms with Crippen LogP contribution in [0.1, 0.15) is 21.5 Å². The van der Waals surface area contributed by atoms with E-state index in [1.54, 1.807) is 0 Å². The van der Waals surface area contributed by atoms with Crippen LogP contribution in [0.3, 0.4) is 0 Å². The van der Waals surface area contributed by atoms with Crippen molar-refractivity contribution >= 4 is 29.0 Å². The van der Waals surface area contributed by atoms with Crippen molar-refractivity contribution in [2.24, 2.45) is 0 Å². The lowest BCUT2D eigenvalue weighted by Gasteiger charge is -2.11. The fourth-order valence-corrected chi connectivity index (χ4v) is 2.14. The van der Waals surface area contributed by atoms with Crippen LogP contribution >= 0.6 is 23.2 Å². The van der Waals surface area contributed by atoms with E-state index in [-0.39, 0.29) is 15.6 Å². The van der Waals surface area contributed by atoms with Gasteiger partial charge in [-0.1, -0.05) is 35.3 Å². The van der Waals surface area contributed by atoms with Gasteiger partial charge >= 0.3 is 6.18 Å². The van der Waals surface area contributed by atoms with E-state index in [0.29, 0.717) is 6.07 Å². The van der Waals surface area contributed by atoms with Crippen LogP contribution in [0, 0.1) is 5.82 Å². The van der Waals surface area contributed by atoms with Gasteiger partial charge < -0.3 is 0 Å². The first-order valence-electron chi connectivity index (χ1n) is 5.58. The van der Waals surface area contributed by atoms with Crippen LogP contribution in [-0.4, -0.2) is 5.78 Å². The van der Waals surface area contributed by atoms with Gasteiger partial charge in [0, 0.05) is 5.56 Å². The zero-order chi connectivity index (χ0) is 15.8. The monoisotopic (exact) mass is 336 g/mol. The molecule has 0 aliphatic carbocycles. The highest BCUT2D eigenvalue weighted by Crippen LogP contribution is 2.34. The number of ketones is 1. The van der Waals surface area contributed by atoms with Gasteiger partial charge in [-0.25, -0.2) is 4.39 Å². The van der Waals surface area contributed by atoms with Crippen molar-refractivity contribution < 1.29 is 22.4 Å². The summed E-state index contributed by atoms with van der Waals surface area (Å²) in [5.41, 5.74) is -2.39. The summed E-state index contributed by atoms with van der Waals surface area (Å²) in [7, 11) is 0. The topological polar surface area (TPSA) is 17.1 Å². The smallest absolute Gasteiger partial charge is 0.288 e. The van der Waals surface area contributed by atoms with Crippen LogP contribution in [0.25, 0.3) is 0 Å². The molecule has 0 saturated carbocycles. The van der Waals surface area contributed by atoms with E-state index in [0.717, 1.165) is 12.1 Å². The molecular weight excluding hydrogens is 331 g/mol. The number of hydrogen-bond acceptors (Lipinski definition) is 1. The van der Waals surface area contributed by atoms with Crippen LogP contribution < -0.4 is 0 Å². The Morgan fingerprint density at radius 1 is 0.952 bits per heavy atom. The van der Waals surface area contributed by atoms with Crippen molar-refractivity contribution in [2.75, 3.05) is 0 Å². The highest BCUT2D eigenvalue weighted by atomic mass is 35.5. The lowest BCUT2D eigenvalue weighted by Crippen LogP contribution is -2.13. The molecule has 1 nitrogen and oxygen atoms in total. The summed E-state index contributed by atoms with van der Waals surface area (Å²) >= 11 is 11.6. The molecule has 0 N–H and O–H groups in total. The highest BCUT2D eigenvalue weighted by molar-refractivity contribution is 6.44. The lowest BCUT2D eigenvalue weighted by atomic mass is 10.00. The highest BCUT2D eigenvalue weighted by Gasteiger charge is 2.36. The van der Waals surface area contributed by atoms with Crippen molar-refractivity contribution in [1.82, 2.24) is 0 Å². The third-order valence-electron chi connectivity index (χ3n) is 2.74. The van der Waals surface area contributed by atoms with Crippen LogP contribution in [0.2, 0.25) is 10.0 Å². The molecule has 0 aliphatic rings. The minimum atomic E-state index is -4.89. The second-order valence-corrected chi connectivity index (χ2v) is 4.88. The lowest BCUT2D eigenvalue weighted by molar-refractivity contribution is -0.140. The number of halogens is 6. The standard InChI is InChI=1S/C14H6Cl2F4O/c15-10-6-2-3-7(11(10)16)13(21)8-4-1-5-9(12(8)17)14(18,19)20/h1-6H. The van der Waals surface area contributed by atoms with Gasteiger partial charge in [0.15, 0.2) is 5.78 Å². The Hall–Kier alpha value is -1.59. The van der Waals surface area contributed by atoms with Crippen molar-refractivity contribution in [3.8, 4) is 0 Å². The Morgan fingerprint density at radius 2 is 1.52 bits per heavy atom. The summed E-state index contributed by atoms with van der Waals surface area (Å²) in [6.07, 6.45) is -4.89. The molecule has 0 amide bonds. The molecule has 2 rings (SSSR count). The molecule has 0 radical (unpaired) electrons. The van der Waals surface area contributed by atoms with Crippen LogP contribution in [0.5, 0.6) is 0 Å². The summed E-state index contributed by atoms with van der Waals surface area (Å²) in [5.74, 6) is -2.60. The van der Waals surface area contributed by atoms with E-state index < -0.39 is 28.9 Å². The van der Waals surface area contributed by atoms with Gasteiger partial charge in [-0.15, -0.1) is 0 Å². The number of alkyl halides is 3. The Balaban J connectivity index is 2.57. The average Bonchev–Trinajstić information content (AvgIpc) is 2.40. The molecule has 0 fully saturated rings. The van der Waals surface area contributed by atoms with E-state index in [9.17, 15) is 22.4 Å². The number of carbonyl (C=O) groups excluding carboxylic acids is 1. The summed E-state index contributed by atoms with van der Waals surface area (Å²) in [6, 6.07) is 6.54. The number of benzene rings is 2. The third-order valence-corrected chi connectivity index (χ3v) is 3.56. The molecule has 0 atom stereocenters. The molecule has 0 unspecified atom stereocenters. The van der Waals surface area contributed by atoms with E-state index >= 15 is 0 Å². The number of hydrogen-bond donors (Lipinski definition) is 0. The van der Waals surface area contributed by atoms with Crippen LogP contribution in [0.4, 0.5) is 17.6 Å². The minimum absolute atomic E-state index is 0.0508. The summed E-state index contributed by atoms with van der Waals surface area (Å²) in [4.78, 5) is 12.2. The fourth-order valence-electron chi connectivity index (χ4n) is 1.75. The first-order valence-corrected chi connectivity index (χ1v) is 6.33. The van der Waals surface area contributed by atoms with Crippen molar-refractivity contribution in [3.63, 3.8) is 0 Å². The van der Waals surface area contributed by atoms with E-state index in [4.69, 9.17) is 23.2 Å². The molecular formula is C14H6Cl2F4O. The van der Waals surface area contributed by atoms with E-state index in [1.807, 2.05) is 0 Å². The Kier molecular flexibility index (Phi) is 4.25. The van der Waals surface area contributed by atoms with Gasteiger partial charge in [-0.05, 0) is 24.3 Å².